The largest absolute Gasteiger partial charge is 0.493 e. The average Bonchev–Trinajstić information content (AvgIpc) is 3.03. The summed E-state index contributed by atoms with van der Waals surface area (Å²) in [7, 11) is 3.12. The Morgan fingerprint density at radius 3 is 2.44 bits per heavy atom. The summed E-state index contributed by atoms with van der Waals surface area (Å²) in [4.78, 5) is 26.6. The molecule has 1 atom stereocenters. The van der Waals surface area contributed by atoms with Gasteiger partial charge in [-0.2, -0.15) is 0 Å². The normalized spacial score (nSPS) is 16.4. The molecule has 1 fully saturated rings. The van der Waals surface area contributed by atoms with Crippen molar-refractivity contribution in [3.63, 3.8) is 0 Å². The van der Waals surface area contributed by atoms with E-state index in [9.17, 15) is 9.59 Å². The Balaban J connectivity index is 1.72. The third-order valence-electron chi connectivity index (χ3n) is 4.91. The molecule has 0 aromatic heterocycles. The zero-order valence-corrected chi connectivity index (χ0v) is 16.0. The van der Waals surface area contributed by atoms with Crippen LogP contribution in [0.5, 0.6) is 11.5 Å². The van der Waals surface area contributed by atoms with Crippen LogP contribution in [0, 0.1) is 13.8 Å². The number of hydrogen-bond acceptors (Lipinski definition) is 4. The van der Waals surface area contributed by atoms with Crippen LogP contribution in [0.1, 0.15) is 27.9 Å². The first-order valence-corrected chi connectivity index (χ1v) is 8.83. The molecule has 0 radical (unpaired) electrons. The highest BCUT2D eigenvalue weighted by molar-refractivity contribution is 5.99. The summed E-state index contributed by atoms with van der Waals surface area (Å²) in [5, 5.41) is 2.97. The number of carbonyl (C=O) groups is 2. The van der Waals surface area contributed by atoms with Gasteiger partial charge in [0, 0.05) is 30.3 Å². The third kappa shape index (κ3) is 3.89. The molecule has 1 heterocycles. The molecule has 0 aliphatic carbocycles. The SMILES string of the molecule is COc1ccc(N2CC(NC(=O)c3ccc(C)c(C)c3)CC2=O)cc1OC. The van der Waals surface area contributed by atoms with Crippen LogP contribution >= 0.6 is 0 Å². The van der Waals surface area contributed by atoms with Crippen molar-refractivity contribution in [3.05, 3.63) is 53.1 Å². The van der Waals surface area contributed by atoms with Gasteiger partial charge in [0.2, 0.25) is 5.91 Å². The Morgan fingerprint density at radius 2 is 1.78 bits per heavy atom. The predicted octanol–water partition coefficient (Wildman–Crippen LogP) is 2.86. The summed E-state index contributed by atoms with van der Waals surface area (Å²) in [6, 6.07) is 10.7. The second kappa shape index (κ2) is 7.70. The third-order valence-corrected chi connectivity index (χ3v) is 4.91. The number of aryl methyl sites for hydroxylation is 2. The Labute approximate surface area is 159 Å². The maximum absolute atomic E-state index is 12.5. The molecular formula is C21H24N2O4. The number of ether oxygens (including phenoxy) is 2. The molecule has 142 valence electrons. The van der Waals surface area contributed by atoms with Gasteiger partial charge in [-0.3, -0.25) is 9.59 Å². The van der Waals surface area contributed by atoms with Gasteiger partial charge in [-0.25, -0.2) is 0 Å². The molecule has 1 aliphatic rings. The fourth-order valence-electron chi connectivity index (χ4n) is 3.20. The lowest BCUT2D eigenvalue weighted by atomic mass is 10.1. The summed E-state index contributed by atoms with van der Waals surface area (Å²) >= 11 is 0. The van der Waals surface area contributed by atoms with Crippen LogP contribution in [-0.4, -0.2) is 38.6 Å². The number of nitrogens with one attached hydrogen (secondary N) is 1. The quantitative estimate of drug-likeness (QED) is 0.881. The van der Waals surface area contributed by atoms with Gasteiger partial charge in [0.05, 0.1) is 20.3 Å². The highest BCUT2D eigenvalue weighted by Crippen LogP contribution is 2.33. The smallest absolute Gasteiger partial charge is 0.251 e. The Bertz CT molecular complexity index is 878. The fourth-order valence-corrected chi connectivity index (χ4v) is 3.20. The Morgan fingerprint density at radius 1 is 1.04 bits per heavy atom. The number of rotatable bonds is 5. The van der Waals surface area contributed by atoms with E-state index in [1.165, 1.54) is 0 Å². The number of carbonyl (C=O) groups excluding carboxylic acids is 2. The van der Waals surface area contributed by atoms with Crippen LogP contribution in [-0.2, 0) is 4.79 Å². The molecule has 6 heteroatoms. The second-order valence-electron chi connectivity index (χ2n) is 6.72. The standard InChI is InChI=1S/C21H24N2O4/c1-13-5-6-15(9-14(13)2)21(25)22-16-10-20(24)23(12-16)17-7-8-18(26-3)19(11-17)27-4/h5-9,11,16H,10,12H2,1-4H3,(H,22,25). The van der Waals surface area contributed by atoms with Crippen molar-refractivity contribution in [2.45, 2.75) is 26.3 Å². The van der Waals surface area contributed by atoms with Crippen LogP contribution in [0.4, 0.5) is 5.69 Å². The van der Waals surface area contributed by atoms with Crippen molar-refractivity contribution in [2.24, 2.45) is 0 Å². The van der Waals surface area contributed by atoms with Gasteiger partial charge in [-0.1, -0.05) is 6.07 Å². The van der Waals surface area contributed by atoms with Crippen molar-refractivity contribution >= 4 is 17.5 Å². The molecule has 0 saturated carbocycles. The number of benzene rings is 2. The lowest BCUT2D eigenvalue weighted by Crippen LogP contribution is -2.37. The number of nitrogens with zero attached hydrogens (tertiary/aromatic N) is 1. The van der Waals surface area contributed by atoms with E-state index >= 15 is 0 Å². The molecule has 27 heavy (non-hydrogen) atoms. The average molecular weight is 368 g/mol. The van der Waals surface area contributed by atoms with Gasteiger partial charge in [-0.15, -0.1) is 0 Å². The highest BCUT2D eigenvalue weighted by atomic mass is 16.5. The molecule has 1 N–H and O–H groups in total. The Kier molecular flexibility index (Phi) is 5.35. The number of amides is 2. The van der Waals surface area contributed by atoms with Crippen molar-refractivity contribution in [1.82, 2.24) is 5.32 Å². The van der Waals surface area contributed by atoms with E-state index in [0.717, 1.165) is 16.8 Å². The van der Waals surface area contributed by atoms with Crippen LogP contribution < -0.4 is 19.7 Å². The van der Waals surface area contributed by atoms with Crippen LogP contribution in [0.2, 0.25) is 0 Å². The second-order valence-corrected chi connectivity index (χ2v) is 6.72. The van der Waals surface area contributed by atoms with E-state index in [0.29, 0.717) is 23.6 Å². The van der Waals surface area contributed by atoms with Crippen LogP contribution in [0.25, 0.3) is 0 Å². The first kappa shape index (κ1) is 18.8. The molecule has 1 aliphatic heterocycles. The molecular weight excluding hydrogens is 344 g/mol. The van der Waals surface area contributed by atoms with E-state index in [4.69, 9.17) is 9.47 Å². The molecule has 2 aromatic rings. The van der Waals surface area contributed by atoms with Crippen LogP contribution in [0.3, 0.4) is 0 Å². The molecule has 2 aromatic carbocycles. The summed E-state index contributed by atoms with van der Waals surface area (Å²) in [5.41, 5.74) is 3.54. The van der Waals surface area contributed by atoms with E-state index in [1.807, 2.05) is 32.0 Å². The first-order chi connectivity index (χ1) is 12.9. The first-order valence-electron chi connectivity index (χ1n) is 8.83. The molecule has 2 amide bonds. The van der Waals surface area contributed by atoms with Crippen molar-refractivity contribution < 1.29 is 19.1 Å². The summed E-state index contributed by atoms with van der Waals surface area (Å²) in [6.45, 7) is 4.41. The van der Waals surface area contributed by atoms with Gasteiger partial charge in [-0.05, 0) is 49.2 Å². The number of anilines is 1. The van der Waals surface area contributed by atoms with Crippen LogP contribution in [0.15, 0.2) is 36.4 Å². The predicted molar refractivity (Wildman–Crippen MR) is 104 cm³/mol. The zero-order valence-electron chi connectivity index (χ0n) is 16.0. The lowest BCUT2D eigenvalue weighted by molar-refractivity contribution is -0.117. The maximum atomic E-state index is 12.5. The minimum Gasteiger partial charge on any atom is -0.493 e. The summed E-state index contributed by atoms with van der Waals surface area (Å²) < 4.78 is 10.5. The fraction of sp³-hybridized carbons (Fsp3) is 0.333. The Hall–Kier alpha value is -3.02. The van der Waals surface area contributed by atoms with Crippen molar-refractivity contribution in [2.75, 3.05) is 25.7 Å². The summed E-state index contributed by atoms with van der Waals surface area (Å²) in [5.74, 6) is 0.968. The summed E-state index contributed by atoms with van der Waals surface area (Å²) in [6.07, 6.45) is 0.269. The van der Waals surface area contributed by atoms with Gasteiger partial charge in [0.15, 0.2) is 11.5 Å². The van der Waals surface area contributed by atoms with E-state index in [1.54, 1.807) is 37.3 Å². The molecule has 1 unspecified atom stereocenters. The maximum Gasteiger partial charge on any atom is 0.251 e. The number of hydrogen-bond donors (Lipinski definition) is 1. The number of methoxy groups -OCH3 is 2. The van der Waals surface area contributed by atoms with Gasteiger partial charge >= 0.3 is 0 Å². The highest BCUT2D eigenvalue weighted by Gasteiger charge is 2.32. The van der Waals surface area contributed by atoms with Crippen molar-refractivity contribution in [1.29, 1.82) is 0 Å². The molecule has 3 rings (SSSR count). The molecule has 6 nitrogen and oxygen atoms in total. The monoisotopic (exact) mass is 368 g/mol. The molecule has 0 bridgehead atoms. The topological polar surface area (TPSA) is 67.9 Å². The molecule has 1 saturated heterocycles. The van der Waals surface area contributed by atoms with Gasteiger partial charge in [0.1, 0.15) is 0 Å². The van der Waals surface area contributed by atoms with Crippen molar-refractivity contribution in [3.8, 4) is 11.5 Å². The minimum absolute atomic E-state index is 0.0346. The van der Waals surface area contributed by atoms with Gasteiger partial charge in [0.25, 0.3) is 5.91 Å². The van der Waals surface area contributed by atoms with E-state index in [-0.39, 0.29) is 24.3 Å². The van der Waals surface area contributed by atoms with Gasteiger partial charge < -0.3 is 19.7 Å². The molecule has 0 spiro atoms. The van der Waals surface area contributed by atoms with E-state index < -0.39 is 0 Å². The minimum atomic E-state index is -0.236. The van der Waals surface area contributed by atoms with E-state index in [2.05, 4.69) is 5.32 Å². The zero-order chi connectivity index (χ0) is 19.6. The lowest BCUT2D eigenvalue weighted by Gasteiger charge is -2.19.